The zero-order chi connectivity index (χ0) is 7.49. The Hall–Kier alpha value is -0.810. The summed E-state index contributed by atoms with van der Waals surface area (Å²) in [6.07, 6.45) is 0.0604. The van der Waals surface area contributed by atoms with E-state index in [9.17, 15) is 0 Å². The number of aliphatic imine (C=N–C) groups is 1. The minimum atomic E-state index is -2.10. The molecule has 0 unspecified atom stereocenters. The van der Waals surface area contributed by atoms with Crippen LogP contribution >= 0.6 is 0 Å². The van der Waals surface area contributed by atoms with Crippen molar-refractivity contribution in [1.29, 1.82) is 0 Å². The first-order valence-corrected chi connectivity index (χ1v) is 2.53. The molecule has 0 aromatic heterocycles. The highest BCUT2D eigenvalue weighted by Crippen LogP contribution is 2.04. The second kappa shape index (κ2) is 2.65. The number of nitrogens with zero attached hydrogens (tertiary/aromatic N) is 1. The van der Waals surface area contributed by atoms with Crippen LogP contribution in [0.15, 0.2) is 4.99 Å². The molecule has 0 radical (unpaired) electrons. The van der Waals surface area contributed by atoms with Gasteiger partial charge in [-0.25, -0.2) is 0 Å². The summed E-state index contributed by atoms with van der Waals surface area (Å²) in [5, 5.41) is 17.4. The molecule has 0 aliphatic rings. The molecule has 0 amide bonds. The maximum Gasteiger partial charge on any atom is 0.267 e. The number of nitrogens with two attached hydrogens (primary N) is 2. The Bertz CT molecular complexity index is 117. The van der Waals surface area contributed by atoms with E-state index in [2.05, 4.69) is 4.99 Å². The summed E-state index contributed by atoms with van der Waals surface area (Å²) >= 11 is 0. The quantitative estimate of drug-likeness (QED) is 0.205. The molecule has 54 valence electrons. The molecule has 0 heterocycles. The summed E-state index contributed by atoms with van der Waals surface area (Å²) in [5.74, 6) is -2.43. The van der Waals surface area contributed by atoms with Gasteiger partial charge in [0.25, 0.3) is 5.91 Å². The van der Waals surface area contributed by atoms with Gasteiger partial charge in [-0.15, -0.1) is 0 Å². The third-order valence-electron chi connectivity index (χ3n) is 0.782. The van der Waals surface area contributed by atoms with E-state index in [0.717, 1.165) is 0 Å². The normalized spacial score (nSPS) is 11.0. The van der Waals surface area contributed by atoms with Crippen molar-refractivity contribution in [3.05, 3.63) is 0 Å². The Balaban J connectivity index is 4.01. The van der Waals surface area contributed by atoms with E-state index in [1.807, 2.05) is 0 Å². The molecule has 0 aliphatic carbocycles. The van der Waals surface area contributed by atoms with E-state index >= 15 is 0 Å². The van der Waals surface area contributed by atoms with Crippen molar-refractivity contribution in [3.63, 3.8) is 0 Å². The Morgan fingerprint density at radius 2 is 2.00 bits per heavy atom. The standard InChI is InChI=1S/C4H11N3O2/c1-2-4(8,9)7-3(5)6/h8-9H,2H2,1H3,(H4,5,6,7). The van der Waals surface area contributed by atoms with Gasteiger partial charge in [0, 0.05) is 6.42 Å². The summed E-state index contributed by atoms with van der Waals surface area (Å²) < 4.78 is 0. The van der Waals surface area contributed by atoms with Crippen molar-refractivity contribution < 1.29 is 10.2 Å². The number of guanidine groups is 1. The van der Waals surface area contributed by atoms with Crippen LogP contribution in [0.4, 0.5) is 0 Å². The number of hydrogen-bond acceptors (Lipinski definition) is 3. The maximum absolute atomic E-state index is 8.70. The lowest BCUT2D eigenvalue weighted by atomic mass is 10.4. The molecular weight excluding hydrogens is 122 g/mol. The molecule has 9 heavy (non-hydrogen) atoms. The van der Waals surface area contributed by atoms with Crippen molar-refractivity contribution in [2.45, 2.75) is 19.3 Å². The van der Waals surface area contributed by atoms with E-state index in [1.54, 1.807) is 6.92 Å². The van der Waals surface area contributed by atoms with Gasteiger partial charge in [0.1, 0.15) is 0 Å². The summed E-state index contributed by atoms with van der Waals surface area (Å²) in [7, 11) is 0. The molecule has 0 saturated carbocycles. The molecule has 5 nitrogen and oxygen atoms in total. The van der Waals surface area contributed by atoms with E-state index in [0.29, 0.717) is 0 Å². The maximum atomic E-state index is 8.70. The average molecular weight is 133 g/mol. The fraction of sp³-hybridized carbons (Fsp3) is 0.750. The molecule has 0 rings (SSSR count). The highest BCUT2D eigenvalue weighted by Gasteiger charge is 2.17. The fourth-order valence-electron chi connectivity index (χ4n) is 0.286. The summed E-state index contributed by atoms with van der Waals surface area (Å²) in [6, 6.07) is 0. The molecule has 0 fully saturated rings. The lowest BCUT2D eigenvalue weighted by molar-refractivity contribution is -0.154. The molecule has 0 aliphatic heterocycles. The number of aliphatic hydroxyl groups is 2. The molecule has 0 saturated heterocycles. The monoisotopic (exact) mass is 133 g/mol. The SMILES string of the molecule is CCC(O)(O)N=C(N)N. The van der Waals surface area contributed by atoms with Crippen LogP contribution < -0.4 is 11.5 Å². The van der Waals surface area contributed by atoms with Crippen molar-refractivity contribution in [2.75, 3.05) is 0 Å². The highest BCUT2D eigenvalue weighted by atomic mass is 16.5. The van der Waals surface area contributed by atoms with E-state index in [-0.39, 0.29) is 12.4 Å². The predicted octanol–water partition coefficient (Wildman–Crippen LogP) is -1.69. The largest absolute Gasteiger partial charge is 0.370 e. The van der Waals surface area contributed by atoms with Crippen LogP contribution in [-0.4, -0.2) is 22.1 Å². The first kappa shape index (κ1) is 8.19. The van der Waals surface area contributed by atoms with Crippen LogP contribution in [0.5, 0.6) is 0 Å². The van der Waals surface area contributed by atoms with Gasteiger partial charge in [-0.3, -0.25) is 0 Å². The fourth-order valence-corrected chi connectivity index (χ4v) is 0.286. The van der Waals surface area contributed by atoms with E-state index < -0.39 is 5.91 Å². The van der Waals surface area contributed by atoms with Crippen molar-refractivity contribution in [1.82, 2.24) is 0 Å². The smallest absolute Gasteiger partial charge is 0.267 e. The first-order valence-electron chi connectivity index (χ1n) is 2.53. The van der Waals surface area contributed by atoms with Crippen LogP contribution in [0.2, 0.25) is 0 Å². The first-order chi connectivity index (χ1) is 3.98. The third kappa shape index (κ3) is 3.75. The minimum Gasteiger partial charge on any atom is -0.370 e. The second-order valence-corrected chi connectivity index (χ2v) is 1.66. The molecule has 0 atom stereocenters. The van der Waals surface area contributed by atoms with Crippen molar-refractivity contribution in [3.8, 4) is 0 Å². The summed E-state index contributed by atoms with van der Waals surface area (Å²) in [5.41, 5.74) is 9.72. The van der Waals surface area contributed by atoms with Gasteiger partial charge in [-0.2, -0.15) is 4.99 Å². The van der Waals surface area contributed by atoms with Crippen LogP contribution in [0.1, 0.15) is 13.3 Å². The van der Waals surface area contributed by atoms with Crippen LogP contribution in [-0.2, 0) is 0 Å². The van der Waals surface area contributed by atoms with Gasteiger partial charge < -0.3 is 21.7 Å². The minimum absolute atomic E-state index is 0.0604. The summed E-state index contributed by atoms with van der Waals surface area (Å²) in [4.78, 5) is 3.11. The molecule has 0 aromatic rings. The van der Waals surface area contributed by atoms with Gasteiger partial charge in [-0.05, 0) is 0 Å². The number of hydrogen-bond donors (Lipinski definition) is 4. The van der Waals surface area contributed by atoms with Gasteiger partial charge >= 0.3 is 0 Å². The van der Waals surface area contributed by atoms with Crippen molar-refractivity contribution in [2.24, 2.45) is 16.5 Å². The zero-order valence-corrected chi connectivity index (χ0v) is 5.20. The van der Waals surface area contributed by atoms with Gasteiger partial charge in [-0.1, -0.05) is 6.92 Å². The Labute approximate surface area is 53.0 Å². The molecule has 5 heteroatoms. The van der Waals surface area contributed by atoms with E-state index in [1.165, 1.54) is 0 Å². The van der Waals surface area contributed by atoms with Gasteiger partial charge in [0.15, 0.2) is 5.96 Å². The van der Waals surface area contributed by atoms with Crippen LogP contribution in [0.3, 0.4) is 0 Å². The van der Waals surface area contributed by atoms with E-state index in [4.69, 9.17) is 21.7 Å². The molecule has 0 aromatic carbocycles. The zero-order valence-electron chi connectivity index (χ0n) is 5.20. The second-order valence-electron chi connectivity index (χ2n) is 1.66. The lowest BCUT2D eigenvalue weighted by Crippen LogP contribution is -2.32. The molecule has 6 N–H and O–H groups in total. The predicted molar refractivity (Wildman–Crippen MR) is 33.3 cm³/mol. The Morgan fingerprint density at radius 1 is 1.56 bits per heavy atom. The average Bonchev–Trinajstić information content (AvgIpc) is 1.63. The molecule has 0 spiro atoms. The van der Waals surface area contributed by atoms with Crippen LogP contribution in [0.25, 0.3) is 0 Å². The lowest BCUT2D eigenvalue weighted by Gasteiger charge is -2.12. The molecular formula is C4H11N3O2. The topological polar surface area (TPSA) is 105 Å². The highest BCUT2D eigenvalue weighted by molar-refractivity contribution is 5.75. The Kier molecular flexibility index (Phi) is 2.41. The Morgan fingerprint density at radius 3 is 2.11 bits per heavy atom. The van der Waals surface area contributed by atoms with Gasteiger partial charge in [0.2, 0.25) is 0 Å². The summed E-state index contributed by atoms with van der Waals surface area (Å²) in [6.45, 7) is 1.55. The van der Waals surface area contributed by atoms with Gasteiger partial charge in [0.05, 0.1) is 0 Å². The van der Waals surface area contributed by atoms with Crippen LogP contribution in [0, 0.1) is 0 Å². The number of rotatable bonds is 2. The third-order valence-corrected chi connectivity index (χ3v) is 0.782. The molecule has 0 bridgehead atoms. The van der Waals surface area contributed by atoms with Crippen molar-refractivity contribution >= 4 is 5.96 Å².